The summed E-state index contributed by atoms with van der Waals surface area (Å²) in [4.78, 5) is 17.0. The first-order chi connectivity index (χ1) is 10.9. The van der Waals surface area contributed by atoms with Gasteiger partial charge in [-0.3, -0.25) is 0 Å². The average Bonchev–Trinajstić information content (AvgIpc) is 2.97. The number of hydrogen-bond donors (Lipinski definition) is 2. The lowest BCUT2D eigenvalue weighted by atomic mass is 10.3. The number of nitrogens with two attached hydrogens (primary N) is 1. The summed E-state index contributed by atoms with van der Waals surface area (Å²) in [6.45, 7) is 0.0657. The molecule has 0 radical (unpaired) electrons. The molecule has 0 bridgehead atoms. The summed E-state index contributed by atoms with van der Waals surface area (Å²) < 4.78 is 17.7. The first-order valence-corrected chi connectivity index (χ1v) is 6.82. The molecule has 1 aromatic heterocycles. The maximum absolute atomic E-state index is 13.1. The number of hydrogen-bond acceptors (Lipinski definition) is 5. The van der Waals surface area contributed by atoms with Crippen molar-refractivity contribution in [1.82, 2.24) is 20.5 Å². The SMILES string of the molecule is CN(C)C(=O)NCc1nonc1C(N)=Nc1ccc(F)c(Cl)c1. The number of carbonyl (C=O) groups is 1. The molecule has 0 aliphatic rings. The number of urea groups is 1. The van der Waals surface area contributed by atoms with Crippen LogP contribution in [0.1, 0.15) is 11.4 Å². The molecular formula is C13H14ClFN6O2. The van der Waals surface area contributed by atoms with Crippen LogP contribution in [0.3, 0.4) is 0 Å². The molecule has 1 aromatic carbocycles. The van der Waals surface area contributed by atoms with E-state index in [0.29, 0.717) is 11.4 Å². The van der Waals surface area contributed by atoms with Crippen molar-refractivity contribution in [3.63, 3.8) is 0 Å². The van der Waals surface area contributed by atoms with Gasteiger partial charge in [0.05, 0.1) is 17.3 Å². The quantitative estimate of drug-likeness (QED) is 0.650. The Morgan fingerprint density at radius 1 is 1.48 bits per heavy atom. The Morgan fingerprint density at radius 2 is 2.22 bits per heavy atom. The van der Waals surface area contributed by atoms with E-state index < -0.39 is 5.82 Å². The number of rotatable bonds is 4. The van der Waals surface area contributed by atoms with E-state index >= 15 is 0 Å². The van der Waals surface area contributed by atoms with Gasteiger partial charge in [-0.05, 0) is 23.4 Å². The van der Waals surface area contributed by atoms with Gasteiger partial charge in [-0.1, -0.05) is 16.8 Å². The number of aliphatic imine (C=N–C) groups is 1. The maximum Gasteiger partial charge on any atom is 0.317 e. The Labute approximate surface area is 136 Å². The van der Waals surface area contributed by atoms with E-state index in [0.717, 1.165) is 0 Å². The summed E-state index contributed by atoms with van der Waals surface area (Å²) >= 11 is 5.68. The topological polar surface area (TPSA) is 110 Å². The van der Waals surface area contributed by atoms with Crippen molar-refractivity contribution in [3.05, 3.63) is 40.4 Å². The molecule has 0 saturated carbocycles. The van der Waals surface area contributed by atoms with Crippen LogP contribution in [0.2, 0.25) is 5.02 Å². The van der Waals surface area contributed by atoms with Crippen LogP contribution in [-0.2, 0) is 6.54 Å². The van der Waals surface area contributed by atoms with Crippen LogP contribution >= 0.6 is 11.6 Å². The van der Waals surface area contributed by atoms with Gasteiger partial charge in [0.2, 0.25) is 0 Å². The van der Waals surface area contributed by atoms with Crippen molar-refractivity contribution in [3.8, 4) is 0 Å². The molecule has 122 valence electrons. The standard InChI is InChI=1S/C13H14ClFN6O2/c1-21(2)13(22)17-6-10-11(20-23-19-10)12(16)18-7-3-4-9(15)8(14)5-7/h3-5H,6H2,1-2H3,(H2,16,18)(H,17,22). The Hall–Kier alpha value is -2.68. The summed E-state index contributed by atoms with van der Waals surface area (Å²) in [5, 5.41) is 9.87. The molecule has 0 aliphatic heterocycles. The monoisotopic (exact) mass is 340 g/mol. The van der Waals surface area contributed by atoms with Gasteiger partial charge in [-0.15, -0.1) is 0 Å². The van der Waals surface area contributed by atoms with Crippen molar-refractivity contribution in [2.75, 3.05) is 14.1 Å². The highest BCUT2D eigenvalue weighted by Gasteiger charge is 2.15. The van der Waals surface area contributed by atoms with Crippen LogP contribution < -0.4 is 11.1 Å². The third-order valence-corrected chi connectivity index (χ3v) is 3.05. The second kappa shape index (κ2) is 7.05. The molecule has 2 amide bonds. The van der Waals surface area contributed by atoms with E-state index in [1.165, 1.54) is 23.1 Å². The van der Waals surface area contributed by atoms with Gasteiger partial charge in [0, 0.05) is 14.1 Å². The minimum Gasteiger partial charge on any atom is -0.382 e. The van der Waals surface area contributed by atoms with Gasteiger partial charge in [0.1, 0.15) is 11.5 Å². The molecule has 10 heteroatoms. The molecule has 3 N–H and O–H groups in total. The lowest BCUT2D eigenvalue weighted by Crippen LogP contribution is -2.34. The fourth-order valence-corrected chi connectivity index (χ4v) is 1.76. The van der Waals surface area contributed by atoms with E-state index in [4.69, 9.17) is 17.3 Å². The Kier molecular flexibility index (Phi) is 5.12. The summed E-state index contributed by atoms with van der Waals surface area (Å²) in [6, 6.07) is 3.60. The maximum atomic E-state index is 13.1. The number of amides is 2. The largest absolute Gasteiger partial charge is 0.382 e. The number of benzene rings is 1. The Bertz CT molecular complexity index is 746. The van der Waals surface area contributed by atoms with Crippen molar-refractivity contribution in [1.29, 1.82) is 0 Å². The zero-order chi connectivity index (χ0) is 17.0. The predicted molar refractivity (Wildman–Crippen MR) is 82.0 cm³/mol. The van der Waals surface area contributed by atoms with E-state index in [9.17, 15) is 9.18 Å². The predicted octanol–water partition coefficient (Wildman–Crippen LogP) is 1.67. The first kappa shape index (κ1) is 16.7. The highest BCUT2D eigenvalue weighted by atomic mass is 35.5. The number of nitrogens with zero attached hydrogens (tertiary/aromatic N) is 4. The fourth-order valence-electron chi connectivity index (χ4n) is 1.58. The molecule has 1 heterocycles. The normalized spacial score (nSPS) is 11.4. The molecule has 0 unspecified atom stereocenters. The lowest BCUT2D eigenvalue weighted by molar-refractivity contribution is 0.216. The van der Waals surface area contributed by atoms with Crippen molar-refractivity contribution < 1.29 is 13.8 Å². The number of amidine groups is 1. The molecule has 23 heavy (non-hydrogen) atoms. The third-order valence-electron chi connectivity index (χ3n) is 2.77. The Balaban J connectivity index is 2.18. The Morgan fingerprint density at radius 3 is 2.87 bits per heavy atom. The first-order valence-electron chi connectivity index (χ1n) is 6.44. The van der Waals surface area contributed by atoms with Crippen molar-refractivity contribution in [2.45, 2.75) is 6.54 Å². The van der Waals surface area contributed by atoms with E-state index in [1.54, 1.807) is 14.1 Å². The number of nitrogens with one attached hydrogen (secondary N) is 1. The summed E-state index contributed by atoms with van der Waals surface area (Å²) in [6.07, 6.45) is 0. The zero-order valence-electron chi connectivity index (χ0n) is 12.4. The van der Waals surface area contributed by atoms with Crippen molar-refractivity contribution >= 4 is 29.2 Å². The van der Waals surface area contributed by atoms with E-state index in [-0.39, 0.29) is 29.1 Å². The number of halogens is 2. The summed E-state index contributed by atoms with van der Waals surface area (Å²) in [5.41, 5.74) is 6.70. The molecule has 0 saturated heterocycles. The van der Waals surface area contributed by atoms with Crippen molar-refractivity contribution in [2.24, 2.45) is 10.7 Å². The molecule has 0 spiro atoms. The molecule has 0 aliphatic carbocycles. The molecule has 0 fully saturated rings. The van der Waals surface area contributed by atoms with Gasteiger partial charge >= 0.3 is 6.03 Å². The second-order valence-electron chi connectivity index (χ2n) is 4.71. The molecule has 2 rings (SSSR count). The van der Waals surface area contributed by atoms with Gasteiger partial charge in [0.25, 0.3) is 0 Å². The van der Waals surface area contributed by atoms with Crippen LogP contribution in [-0.4, -0.2) is 41.2 Å². The second-order valence-corrected chi connectivity index (χ2v) is 5.12. The van der Waals surface area contributed by atoms with E-state index in [1.807, 2.05) is 0 Å². The molecule has 8 nitrogen and oxygen atoms in total. The average molecular weight is 341 g/mol. The molecular weight excluding hydrogens is 327 g/mol. The van der Waals surface area contributed by atoms with Crippen LogP contribution in [0.15, 0.2) is 27.8 Å². The van der Waals surface area contributed by atoms with Crippen LogP contribution in [0, 0.1) is 5.82 Å². The third kappa shape index (κ3) is 4.16. The summed E-state index contributed by atoms with van der Waals surface area (Å²) in [7, 11) is 3.21. The number of aromatic nitrogens is 2. The molecule has 0 atom stereocenters. The number of carbonyl (C=O) groups excluding carboxylic acids is 1. The highest BCUT2D eigenvalue weighted by molar-refractivity contribution is 6.31. The van der Waals surface area contributed by atoms with Gasteiger partial charge < -0.3 is 16.0 Å². The van der Waals surface area contributed by atoms with Gasteiger partial charge in [0.15, 0.2) is 11.5 Å². The zero-order valence-corrected chi connectivity index (χ0v) is 13.1. The van der Waals surface area contributed by atoms with Crippen LogP contribution in [0.5, 0.6) is 0 Å². The fraction of sp³-hybridized carbons (Fsp3) is 0.231. The van der Waals surface area contributed by atoms with Crippen LogP contribution in [0.4, 0.5) is 14.9 Å². The van der Waals surface area contributed by atoms with Gasteiger partial charge in [-0.2, -0.15) is 0 Å². The van der Waals surface area contributed by atoms with Gasteiger partial charge in [-0.25, -0.2) is 18.8 Å². The van der Waals surface area contributed by atoms with Crippen LogP contribution in [0.25, 0.3) is 0 Å². The lowest BCUT2D eigenvalue weighted by Gasteiger charge is -2.10. The highest BCUT2D eigenvalue weighted by Crippen LogP contribution is 2.22. The van der Waals surface area contributed by atoms with E-state index in [2.05, 4.69) is 25.3 Å². The minimum atomic E-state index is -0.556. The molecule has 2 aromatic rings. The summed E-state index contributed by atoms with van der Waals surface area (Å²) in [5.74, 6) is -0.553. The minimum absolute atomic E-state index is 0.00280. The smallest absolute Gasteiger partial charge is 0.317 e.